The highest BCUT2D eigenvalue weighted by molar-refractivity contribution is 5.42. The third kappa shape index (κ3) is 2.37. The lowest BCUT2D eigenvalue weighted by Crippen LogP contribution is -2.08. The van der Waals surface area contributed by atoms with Gasteiger partial charge in [-0.2, -0.15) is 0 Å². The van der Waals surface area contributed by atoms with E-state index in [-0.39, 0.29) is 11.7 Å². The Kier molecular flexibility index (Phi) is 3.73. The minimum atomic E-state index is 0.133. The number of phenolic OH excluding ortho intramolecular Hbond substituents is 1. The third-order valence-corrected chi connectivity index (χ3v) is 2.12. The van der Waals surface area contributed by atoms with E-state index in [1.54, 1.807) is 12.1 Å². The first-order valence-corrected chi connectivity index (χ1v) is 4.37. The highest BCUT2D eigenvalue weighted by Gasteiger charge is 2.08. The Morgan fingerprint density at radius 2 is 2.21 bits per heavy atom. The van der Waals surface area contributed by atoms with Gasteiger partial charge in [-0.15, -0.1) is 0 Å². The summed E-state index contributed by atoms with van der Waals surface area (Å²) in [6.45, 7) is 2.39. The van der Waals surface area contributed by atoms with E-state index in [2.05, 4.69) is 4.84 Å². The first-order chi connectivity index (χ1) is 6.69. The van der Waals surface area contributed by atoms with Crippen LogP contribution in [0.25, 0.3) is 0 Å². The molecule has 1 atom stereocenters. The van der Waals surface area contributed by atoms with Crippen LogP contribution in [0, 0.1) is 0 Å². The van der Waals surface area contributed by atoms with E-state index in [1.165, 1.54) is 7.11 Å². The van der Waals surface area contributed by atoms with Crippen molar-refractivity contribution in [1.82, 2.24) is 0 Å². The molecular weight excluding hydrogens is 182 g/mol. The lowest BCUT2D eigenvalue weighted by Gasteiger charge is -2.11. The van der Waals surface area contributed by atoms with Crippen LogP contribution in [0.1, 0.15) is 18.4 Å². The van der Waals surface area contributed by atoms with Crippen molar-refractivity contribution in [1.29, 1.82) is 0 Å². The molecule has 0 bridgehead atoms. The molecule has 0 radical (unpaired) electrons. The summed E-state index contributed by atoms with van der Waals surface area (Å²) in [6.07, 6.45) is 0. The fourth-order valence-electron chi connectivity index (χ4n) is 1.25. The summed E-state index contributed by atoms with van der Waals surface area (Å²) in [6, 6.07) is 5.25. The quantitative estimate of drug-likeness (QED) is 0.716. The van der Waals surface area contributed by atoms with E-state index in [0.717, 1.165) is 5.56 Å². The average molecular weight is 197 g/mol. The predicted octanol–water partition coefficient (Wildman–Crippen LogP) is 1.39. The van der Waals surface area contributed by atoms with Crippen molar-refractivity contribution >= 4 is 0 Å². The van der Waals surface area contributed by atoms with Gasteiger partial charge < -0.3 is 14.7 Å². The van der Waals surface area contributed by atoms with Crippen molar-refractivity contribution in [3.63, 3.8) is 0 Å². The average Bonchev–Trinajstić information content (AvgIpc) is 2.18. The van der Waals surface area contributed by atoms with E-state index >= 15 is 0 Å². The van der Waals surface area contributed by atoms with E-state index in [0.29, 0.717) is 12.4 Å². The topological polar surface area (TPSA) is 64.7 Å². The molecule has 1 unspecified atom stereocenters. The summed E-state index contributed by atoms with van der Waals surface area (Å²) in [7, 11) is 1.52. The summed E-state index contributed by atoms with van der Waals surface area (Å²) in [5.41, 5.74) is 0.966. The molecule has 0 aliphatic carbocycles. The maximum Gasteiger partial charge on any atom is 0.160 e. The molecule has 0 saturated carbocycles. The van der Waals surface area contributed by atoms with Gasteiger partial charge in [0.15, 0.2) is 11.5 Å². The SMILES string of the molecule is COc1ccc(C(C)CON)cc1O. The molecule has 14 heavy (non-hydrogen) atoms. The van der Waals surface area contributed by atoms with Crippen LogP contribution < -0.4 is 10.6 Å². The molecule has 78 valence electrons. The van der Waals surface area contributed by atoms with Crippen LogP contribution in [0.2, 0.25) is 0 Å². The van der Waals surface area contributed by atoms with Crippen LogP contribution in [0.15, 0.2) is 18.2 Å². The number of benzene rings is 1. The van der Waals surface area contributed by atoms with Gasteiger partial charge in [-0.05, 0) is 17.7 Å². The maximum absolute atomic E-state index is 9.51. The van der Waals surface area contributed by atoms with E-state index in [9.17, 15) is 5.11 Å². The zero-order valence-electron chi connectivity index (χ0n) is 8.36. The van der Waals surface area contributed by atoms with Gasteiger partial charge in [0.25, 0.3) is 0 Å². The fraction of sp³-hybridized carbons (Fsp3) is 0.400. The first kappa shape index (κ1) is 10.8. The van der Waals surface area contributed by atoms with Crippen molar-refractivity contribution in [2.75, 3.05) is 13.7 Å². The minimum Gasteiger partial charge on any atom is -0.504 e. The van der Waals surface area contributed by atoms with Gasteiger partial charge in [0.2, 0.25) is 0 Å². The van der Waals surface area contributed by atoms with E-state index in [4.69, 9.17) is 10.6 Å². The van der Waals surface area contributed by atoms with Crippen molar-refractivity contribution < 1.29 is 14.7 Å². The lowest BCUT2D eigenvalue weighted by atomic mass is 10.0. The van der Waals surface area contributed by atoms with Crippen molar-refractivity contribution in [3.05, 3.63) is 23.8 Å². The molecule has 1 aromatic carbocycles. The Morgan fingerprint density at radius 1 is 1.50 bits per heavy atom. The number of ether oxygens (including phenoxy) is 1. The van der Waals surface area contributed by atoms with Crippen LogP contribution >= 0.6 is 0 Å². The summed E-state index contributed by atoms with van der Waals surface area (Å²) in [4.78, 5) is 4.54. The second-order valence-corrected chi connectivity index (χ2v) is 3.17. The van der Waals surface area contributed by atoms with Gasteiger partial charge in [0.05, 0.1) is 13.7 Å². The number of hydrogen-bond donors (Lipinski definition) is 2. The summed E-state index contributed by atoms with van der Waals surface area (Å²) in [5.74, 6) is 5.72. The molecule has 4 heteroatoms. The number of nitrogens with two attached hydrogens (primary N) is 1. The van der Waals surface area contributed by atoms with Gasteiger partial charge in [-0.3, -0.25) is 0 Å². The largest absolute Gasteiger partial charge is 0.504 e. The highest BCUT2D eigenvalue weighted by Crippen LogP contribution is 2.29. The maximum atomic E-state index is 9.51. The van der Waals surface area contributed by atoms with Crippen molar-refractivity contribution in [2.45, 2.75) is 12.8 Å². The van der Waals surface area contributed by atoms with Crippen LogP contribution in [0.3, 0.4) is 0 Å². The fourth-order valence-corrected chi connectivity index (χ4v) is 1.25. The first-order valence-electron chi connectivity index (χ1n) is 4.37. The third-order valence-electron chi connectivity index (χ3n) is 2.12. The Morgan fingerprint density at radius 3 is 2.71 bits per heavy atom. The second-order valence-electron chi connectivity index (χ2n) is 3.17. The molecule has 4 nitrogen and oxygen atoms in total. The van der Waals surface area contributed by atoms with Crippen molar-refractivity contribution in [2.24, 2.45) is 5.90 Å². The van der Waals surface area contributed by atoms with E-state index < -0.39 is 0 Å². The normalized spacial score (nSPS) is 12.5. The predicted molar refractivity (Wildman–Crippen MR) is 53.2 cm³/mol. The van der Waals surface area contributed by atoms with Gasteiger partial charge >= 0.3 is 0 Å². The number of aromatic hydroxyl groups is 1. The smallest absolute Gasteiger partial charge is 0.160 e. The molecular formula is C10H15NO3. The molecule has 1 aromatic rings. The zero-order chi connectivity index (χ0) is 10.6. The second kappa shape index (κ2) is 4.83. The molecule has 0 amide bonds. The van der Waals surface area contributed by atoms with Gasteiger partial charge in [0.1, 0.15) is 0 Å². The monoisotopic (exact) mass is 197 g/mol. The van der Waals surface area contributed by atoms with Gasteiger partial charge in [-0.25, -0.2) is 5.90 Å². The number of rotatable bonds is 4. The Bertz CT molecular complexity index is 301. The molecule has 0 heterocycles. The van der Waals surface area contributed by atoms with Crippen LogP contribution in [0.4, 0.5) is 0 Å². The van der Waals surface area contributed by atoms with Crippen LogP contribution in [-0.2, 0) is 4.84 Å². The molecule has 0 fully saturated rings. The number of methoxy groups -OCH3 is 1. The number of hydrogen-bond acceptors (Lipinski definition) is 4. The van der Waals surface area contributed by atoms with Gasteiger partial charge in [-0.1, -0.05) is 13.0 Å². The summed E-state index contributed by atoms with van der Waals surface area (Å²) >= 11 is 0. The van der Waals surface area contributed by atoms with Crippen LogP contribution in [0.5, 0.6) is 11.5 Å². The molecule has 0 aromatic heterocycles. The molecule has 0 aliphatic heterocycles. The number of phenols is 1. The summed E-state index contributed by atoms with van der Waals surface area (Å²) < 4.78 is 4.93. The minimum absolute atomic E-state index is 0.133. The molecule has 1 rings (SSSR count). The zero-order valence-corrected chi connectivity index (χ0v) is 8.36. The molecule has 0 spiro atoms. The molecule has 3 N–H and O–H groups in total. The van der Waals surface area contributed by atoms with Crippen molar-refractivity contribution in [3.8, 4) is 11.5 Å². The summed E-state index contributed by atoms with van der Waals surface area (Å²) in [5, 5.41) is 9.51. The van der Waals surface area contributed by atoms with E-state index in [1.807, 2.05) is 13.0 Å². The van der Waals surface area contributed by atoms with Crippen LogP contribution in [-0.4, -0.2) is 18.8 Å². The Labute approximate surface area is 83.2 Å². The molecule has 0 saturated heterocycles. The Balaban J connectivity index is 2.85. The molecule has 0 aliphatic rings. The standard InChI is InChI=1S/C10H15NO3/c1-7(6-14-11)8-3-4-10(13-2)9(12)5-8/h3-5,7,12H,6,11H2,1-2H3. The lowest BCUT2D eigenvalue weighted by molar-refractivity contribution is 0.126. The highest BCUT2D eigenvalue weighted by atomic mass is 16.6. The Hall–Kier alpha value is -1.26. The van der Waals surface area contributed by atoms with Gasteiger partial charge in [0, 0.05) is 5.92 Å².